The summed E-state index contributed by atoms with van der Waals surface area (Å²) in [5, 5.41) is 4.92. The number of aryl methyl sites for hydroxylation is 1. The van der Waals surface area contributed by atoms with E-state index < -0.39 is 5.97 Å². The summed E-state index contributed by atoms with van der Waals surface area (Å²) in [7, 11) is 0. The van der Waals surface area contributed by atoms with Crippen molar-refractivity contribution in [2.45, 2.75) is 32.2 Å². The predicted molar refractivity (Wildman–Crippen MR) is 77.7 cm³/mol. The molecule has 0 spiro atoms. The van der Waals surface area contributed by atoms with Gasteiger partial charge in [0.2, 0.25) is 0 Å². The molecule has 6 heteroatoms. The van der Waals surface area contributed by atoms with Gasteiger partial charge in [0, 0.05) is 6.54 Å². The number of thioether (sulfide) groups is 1. The average molecular weight is 291 g/mol. The largest absolute Gasteiger partial charge is 0.455 e. The van der Waals surface area contributed by atoms with Gasteiger partial charge in [-0.25, -0.2) is 9.48 Å². The van der Waals surface area contributed by atoms with E-state index in [9.17, 15) is 4.79 Å². The Bertz CT molecular complexity index is 569. The van der Waals surface area contributed by atoms with Crippen molar-refractivity contribution in [2.75, 3.05) is 5.75 Å². The fourth-order valence-electron chi connectivity index (χ4n) is 1.64. The molecule has 0 aliphatic heterocycles. The molecule has 0 fully saturated rings. The van der Waals surface area contributed by atoms with E-state index in [1.54, 1.807) is 16.4 Å². The third-order valence-corrected chi connectivity index (χ3v) is 3.45. The first-order valence-electron chi connectivity index (χ1n) is 6.53. The van der Waals surface area contributed by atoms with Crippen LogP contribution in [-0.4, -0.2) is 26.5 Å². The van der Waals surface area contributed by atoms with Gasteiger partial charge >= 0.3 is 5.97 Å². The molecular weight excluding hydrogens is 274 g/mol. The lowest BCUT2D eigenvalue weighted by molar-refractivity contribution is 0.0457. The molecule has 0 radical (unpaired) electrons. The van der Waals surface area contributed by atoms with Crippen LogP contribution in [-0.2, 0) is 17.9 Å². The normalized spacial score (nSPS) is 10.5. The highest BCUT2D eigenvalue weighted by Crippen LogP contribution is 2.15. The van der Waals surface area contributed by atoms with Gasteiger partial charge in [0.05, 0.1) is 0 Å². The average Bonchev–Trinajstić information content (AvgIpc) is 2.89. The van der Waals surface area contributed by atoms with E-state index in [1.807, 2.05) is 44.2 Å². The van der Waals surface area contributed by atoms with Gasteiger partial charge < -0.3 is 4.74 Å². The summed E-state index contributed by atoms with van der Waals surface area (Å²) < 4.78 is 6.93. The van der Waals surface area contributed by atoms with Crippen molar-refractivity contribution >= 4 is 17.7 Å². The third-order valence-electron chi connectivity index (χ3n) is 2.61. The number of hydrogen-bond acceptors (Lipinski definition) is 5. The van der Waals surface area contributed by atoms with Crippen LogP contribution in [0.1, 0.15) is 30.0 Å². The molecule has 106 valence electrons. The highest BCUT2D eigenvalue weighted by molar-refractivity contribution is 7.99. The molecule has 0 N–H and O–H groups in total. The van der Waals surface area contributed by atoms with Crippen molar-refractivity contribution in [3.8, 4) is 0 Å². The number of esters is 1. The summed E-state index contributed by atoms with van der Waals surface area (Å²) in [6, 6.07) is 9.55. The summed E-state index contributed by atoms with van der Waals surface area (Å²) in [5.74, 6) is 0.523. The summed E-state index contributed by atoms with van der Waals surface area (Å²) >= 11 is 1.56. The number of aromatic nitrogens is 3. The molecule has 0 bridgehead atoms. The summed E-state index contributed by atoms with van der Waals surface area (Å²) in [5.41, 5.74) is 0.943. The Labute approximate surface area is 122 Å². The maximum absolute atomic E-state index is 11.9. The lowest BCUT2D eigenvalue weighted by Crippen LogP contribution is -2.08. The van der Waals surface area contributed by atoms with Crippen LogP contribution in [0, 0.1) is 0 Å². The van der Waals surface area contributed by atoms with Crippen molar-refractivity contribution in [1.82, 2.24) is 14.8 Å². The molecule has 0 aliphatic rings. The van der Waals surface area contributed by atoms with E-state index in [-0.39, 0.29) is 12.4 Å². The van der Waals surface area contributed by atoms with Gasteiger partial charge in [0.25, 0.3) is 5.82 Å². The molecule has 0 saturated carbocycles. The predicted octanol–water partition coefficient (Wildman–Crippen LogP) is 2.77. The van der Waals surface area contributed by atoms with Crippen LogP contribution in [0.3, 0.4) is 0 Å². The molecule has 0 amide bonds. The van der Waals surface area contributed by atoms with Crippen LogP contribution in [0.25, 0.3) is 0 Å². The van der Waals surface area contributed by atoms with Crippen LogP contribution < -0.4 is 0 Å². The van der Waals surface area contributed by atoms with Crippen molar-refractivity contribution in [3.05, 3.63) is 41.7 Å². The van der Waals surface area contributed by atoms with Crippen molar-refractivity contribution < 1.29 is 9.53 Å². The van der Waals surface area contributed by atoms with Crippen LogP contribution in [0.4, 0.5) is 0 Å². The van der Waals surface area contributed by atoms with Gasteiger partial charge in [-0.05, 0) is 18.2 Å². The van der Waals surface area contributed by atoms with Crippen LogP contribution >= 0.6 is 11.8 Å². The number of carbonyl (C=O) groups is 1. The van der Waals surface area contributed by atoms with Crippen LogP contribution in [0.15, 0.2) is 35.5 Å². The van der Waals surface area contributed by atoms with Gasteiger partial charge in [-0.3, -0.25) is 0 Å². The SMILES string of the molecule is CCSc1nc(C(=O)OCc2ccccc2)nn1CC. The molecule has 1 aromatic carbocycles. The van der Waals surface area contributed by atoms with E-state index in [0.717, 1.165) is 16.5 Å². The summed E-state index contributed by atoms with van der Waals surface area (Å²) in [6.45, 7) is 4.91. The fraction of sp³-hybridized carbons (Fsp3) is 0.357. The monoisotopic (exact) mass is 291 g/mol. The minimum absolute atomic E-state index is 0.124. The van der Waals surface area contributed by atoms with Gasteiger partial charge in [-0.1, -0.05) is 49.0 Å². The first-order chi connectivity index (χ1) is 9.74. The molecule has 0 aliphatic carbocycles. The lowest BCUT2D eigenvalue weighted by atomic mass is 10.2. The van der Waals surface area contributed by atoms with Gasteiger partial charge in [0.1, 0.15) is 6.61 Å². The number of hydrogen-bond donors (Lipinski definition) is 0. The number of carbonyl (C=O) groups excluding carboxylic acids is 1. The maximum Gasteiger partial charge on any atom is 0.378 e. The molecule has 0 saturated heterocycles. The summed E-state index contributed by atoms with van der Waals surface area (Å²) in [6.07, 6.45) is 0. The number of rotatable bonds is 6. The van der Waals surface area contributed by atoms with Gasteiger partial charge in [-0.2, -0.15) is 4.98 Å². The van der Waals surface area contributed by atoms with E-state index in [1.165, 1.54) is 0 Å². The first-order valence-corrected chi connectivity index (χ1v) is 7.51. The molecule has 1 aromatic heterocycles. The maximum atomic E-state index is 11.9. The minimum Gasteiger partial charge on any atom is -0.455 e. The van der Waals surface area contributed by atoms with Crippen molar-refractivity contribution in [3.63, 3.8) is 0 Å². The van der Waals surface area contributed by atoms with Gasteiger partial charge in [0.15, 0.2) is 5.16 Å². The van der Waals surface area contributed by atoms with E-state index in [0.29, 0.717) is 6.54 Å². The van der Waals surface area contributed by atoms with E-state index in [4.69, 9.17) is 4.74 Å². The number of ether oxygens (including phenoxy) is 1. The first kappa shape index (κ1) is 14.6. The highest BCUT2D eigenvalue weighted by atomic mass is 32.2. The number of nitrogens with zero attached hydrogens (tertiary/aromatic N) is 3. The smallest absolute Gasteiger partial charge is 0.378 e. The molecule has 5 nitrogen and oxygen atoms in total. The van der Waals surface area contributed by atoms with E-state index in [2.05, 4.69) is 10.1 Å². The highest BCUT2D eigenvalue weighted by Gasteiger charge is 2.17. The standard InChI is InChI=1S/C14H17N3O2S/c1-3-17-14(20-4-2)15-12(16-17)13(18)19-10-11-8-6-5-7-9-11/h5-9H,3-4,10H2,1-2H3. The lowest BCUT2D eigenvalue weighted by Gasteiger charge is -2.01. The molecule has 0 unspecified atom stereocenters. The van der Waals surface area contributed by atoms with Crippen LogP contribution in [0.2, 0.25) is 0 Å². The molecule has 2 rings (SSSR count). The molecular formula is C14H17N3O2S. The number of benzene rings is 1. The molecule has 0 atom stereocenters. The topological polar surface area (TPSA) is 57.0 Å². The summed E-state index contributed by atoms with van der Waals surface area (Å²) in [4.78, 5) is 16.2. The van der Waals surface area contributed by atoms with E-state index >= 15 is 0 Å². The Morgan fingerprint density at radius 3 is 2.70 bits per heavy atom. The second kappa shape index (κ2) is 7.09. The minimum atomic E-state index is -0.487. The van der Waals surface area contributed by atoms with Crippen molar-refractivity contribution in [1.29, 1.82) is 0 Å². The zero-order valence-electron chi connectivity index (χ0n) is 11.6. The third kappa shape index (κ3) is 3.60. The Kier molecular flexibility index (Phi) is 5.17. The molecule has 20 heavy (non-hydrogen) atoms. The van der Waals surface area contributed by atoms with Gasteiger partial charge in [-0.15, -0.1) is 5.10 Å². The van der Waals surface area contributed by atoms with Crippen LogP contribution in [0.5, 0.6) is 0 Å². The quantitative estimate of drug-likeness (QED) is 0.605. The second-order valence-electron chi connectivity index (χ2n) is 4.03. The Balaban J connectivity index is 2.02. The Morgan fingerprint density at radius 2 is 2.05 bits per heavy atom. The molecule has 2 aromatic rings. The van der Waals surface area contributed by atoms with Crippen molar-refractivity contribution in [2.24, 2.45) is 0 Å². The fourth-order valence-corrected chi connectivity index (χ4v) is 2.37. The zero-order valence-corrected chi connectivity index (χ0v) is 12.4. The Morgan fingerprint density at radius 1 is 1.30 bits per heavy atom. The Hall–Kier alpha value is -1.82. The molecule has 1 heterocycles. The second-order valence-corrected chi connectivity index (χ2v) is 5.26. The zero-order chi connectivity index (χ0) is 14.4.